The zero-order valence-corrected chi connectivity index (χ0v) is 17.7. The molecule has 0 spiro atoms. The predicted octanol–water partition coefficient (Wildman–Crippen LogP) is 1.83. The number of aromatic nitrogens is 1. The molecule has 1 aliphatic rings. The van der Waals surface area contributed by atoms with Crippen LogP contribution in [-0.2, 0) is 34.3 Å². The van der Waals surface area contributed by atoms with E-state index in [1.54, 1.807) is 13.8 Å². The molecular weight excluding hydrogens is 388 g/mol. The van der Waals surface area contributed by atoms with Crippen LogP contribution in [0.15, 0.2) is 10.6 Å². The Bertz CT molecular complexity index is 821. The summed E-state index contributed by atoms with van der Waals surface area (Å²) in [6.45, 7) is 8.51. The summed E-state index contributed by atoms with van der Waals surface area (Å²) in [5, 5.41) is 5.79. The van der Waals surface area contributed by atoms with Crippen molar-refractivity contribution in [3.05, 3.63) is 11.8 Å². The summed E-state index contributed by atoms with van der Waals surface area (Å²) in [4.78, 5) is 23.7. The molecule has 1 N–H and O–H groups in total. The molecule has 1 amide bonds. The zero-order chi connectivity index (χ0) is 21.2. The van der Waals surface area contributed by atoms with Crippen molar-refractivity contribution in [3.8, 4) is 0 Å². The average molecular weight is 416 g/mol. The summed E-state index contributed by atoms with van der Waals surface area (Å²) >= 11 is 0. The molecule has 2 rings (SSSR count). The van der Waals surface area contributed by atoms with E-state index < -0.39 is 37.1 Å². The number of nitrogens with zero attached hydrogens (tertiary/aromatic N) is 1. The summed E-state index contributed by atoms with van der Waals surface area (Å²) in [6, 6.07) is 1.50. The van der Waals surface area contributed by atoms with Crippen molar-refractivity contribution < 1.29 is 32.0 Å². The average Bonchev–Trinajstić information content (AvgIpc) is 3.10. The van der Waals surface area contributed by atoms with E-state index in [0.29, 0.717) is 31.7 Å². The van der Waals surface area contributed by atoms with Crippen molar-refractivity contribution in [2.45, 2.75) is 62.9 Å². The lowest BCUT2D eigenvalue weighted by atomic mass is 9.90. The summed E-state index contributed by atoms with van der Waals surface area (Å²) in [5.41, 5.74) is -0.170. The van der Waals surface area contributed by atoms with Gasteiger partial charge >= 0.3 is 5.97 Å². The van der Waals surface area contributed by atoms with Gasteiger partial charge in [-0.25, -0.2) is 8.42 Å². The Balaban J connectivity index is 2.11. The monoisotopic (exact) mass is 416 g/mol. The van der Waals surface area contributed by atoms with Crippen molar-refractivity contribution >= 4 is 27.6 Å². The van der Waals surface area contributed by atoms with Crippen LogP contribution in [0.4, 0.5) is 5.88 Å². The first kappa shape index (κ1) is 22.4. The fourth-order valence-electron chi connectivity index (χ4n) is 2.80. The summed E-state index contributed by atoms with van der Waals surface area (Å²) in [6.07, 6.45) is 0.742. The first-order chi connectivity index (χ1) is 12.9. The number of rotatable bonds is 7. The highest BCUT2D eigenvalue weighted by Gasteiger charge is 2.47. The number of esters is 1. The van der Waals surface area contributed by atoms with Crippen LogP contribution < -0.4 is 5.32 Å². The van der Waals surface area contributed by atoms with Crippen LogP contribution in [0.1, 0.15) is 53.2 Å². The van der Waals surface area contributed by atoms with Gasteiger partial charge in [-0.05, 0) is 26.7 Å². The second kappa shape index (κ2) is 8.20. The van der Waals surface area contributed by atoms with Crippen molar-refractivity contribution in [2.24, 2.45) is 0 Å². The van der Waals surface area contributed by atoms with Crippen LogP contribution in [0.2, 0.25) is 0 Å². The SMILES string of the molecule is CC(=O)OCC(C)(C)c1cc(NC(=O)C(C)(C)S(=O)(=O)C2CCOCC2)on1. The van der Waals surface area contributed by atoms with Crippen LogP contribution in [0.5, 0.6) is 0 Å². The first-order valence-electron chi connectivity index (χ1n) is 9.11. The van der Waals surface area contributed by atoms with E-state index in [2.05, 4.69) is 10.5 Å². The summed E-state index contributed by atoms with van der Waals surface area (Å²) < 4.78 is 39.6. The molecule has 0 aliphatic carbocycles. The molecule has 1 aromatic rings. The predicted molar refractivity (Wildman–Crippen MR) is 102 cm³/mol. The number of carbonyl (C=O) groups is 2. The highest BCUT2D eigenvalue weighted by atomic mass is 32.2. The molecule has 158 valence electrons. The third kappa shape index (κ3) is 4.72. The summed E-state index contributed by atoms with van der Waals surface area (Å²) in [5.74, 6) is -1.07. The number of carbonyl (C=O) groups excluding carboxylic acids is 2. The maximum absolute atomic E-state index is 12.9. The van der Waals surface area contributed by atoms with E-state index in [0.717, 1.165) is 0 Å². The molecule has 1 fully saturated rings. The Morgan fingerprint density at radius 2 is 1.86 bits per heavy atom. The van der Waals surface area contributed by atoms with Crippen LogP contribution >= 0.6 is 0 Å². The molecule has 28 heavy (non-hydrogen) atoms. The highest BCUT2D eigenvalue weighted by molar-refractivity contribution is 7.94. The molecule has 0 atom stereocenters. The van der Waals surface area contributed by atoms with Gasteiger partial charge in [-0.2, -0.15) is 0 Å². The minimum atomic E-state index is -3.73. The second-order valence-corrected chi connectivity index (χ2v) is 10.8. The molecule has 1 saturated heterocycles. The van der Waals surface area contributed by atoms with Crippen LogP contribution in [0, 0.1) is 0 Å². The van der Waals surface area contributed by atoms with Gasteiger partial charge in [0.15, 0.2) is 9.84 Å². The molecule has 10 heteroatoms. The Morgan fingerprint density at radius 3 is 2.43 bits per heavy atom. The van der Waals surface area contributed by atoms with Gasteiger partial charge in [-0.3, -0.25) is 14.9 Å². The van der Waals surface area contributed by atoms with Crippen molar-refractivity contribution in [3.63, 3.8) is 0 Å². The van der Waals surface area contributed by atoms with Gasteiger partial charge in [-0.15, -0.1) is 0 Å². The van der Waals surface area contributed by atoms with Gasteiger partial charge < -0.3 is 14.0 Å². The highest BCUT2D eigenvalue weighted by Crippen LogP contribution is 2.30. The van der Waals surface area contributed by atoms with Crippen molar-refractivity contribution in [1.82, 2.24) is 5.16 Å². The number of hydrogen-bond donors (Lipinski definition) is 1. The fourth-order valence-corrected chi connectivity index (χ4v) is 4.76. The van der Waals surface area contributed by atoms with Gasteiger partial charge in [0.05, 0.1) is 10.9 Å². The third-order valence-corrected chi connectivity index (χ3v) is 7.90. The van der Waals surface area contributed by atoms with Crippen molar-refractivity contribution in [2.75, 3.05) is 25.1 Å². The molecule has 0 unspecified atom stereocenters. The number of anilines is 1. The molecular formula is C18H28N2O7S. The van der Waals surface area contributed by atoms with Crippen LogP contribution in [-0.4, -0.2) is 55.3 Å². The standard InChI is InChI=1S/C18H28N2O7S/c1-12(21)26-11-17(2,3)14-10-15(27-20-14)19-16(22)18(4,5)28(23,24)13-6-8-25-9-7-13/h10,13H,6-9,11H2,1-5H3,(H,19,22). The van der Waals surface area contributed by atoms with E-state index >= 15 is 0 Å². The largest absolute Gasteiger partial charge is 0.465 e. The van der Waals surface area contributed by atoms with Crippen molar-refractivity contribution in [1.29, 1.82) is 0 Å². The van der Waals surface area contributed by atoms with E-state index in [1.807, 2.05) is 0 Å². The number of nitrogens with one attached hydrogen (secondary N) is 1. The van der Waals surface area contributed by atoms with E-state index in [4.69, 9.17) is 14.0 Å². The van der Waals surface area contributed by atoms with Crippen LogP contribution in [0.25, 0.3) is 0 Å². The van der Waals surface area contributed by atoms with E-state index in [9.17, 15) is 18.0 Å². The maximum Gasteiger partial charge on any atom is 0.302 e. The molecule has 0 saturated carbocycles. The second-order valence-electron chi connectivity index (χ2n) is 8.06. The van der Waals surface area contributed by atoms with E-state index in [-0.39, 0.29) is 12.5 Å². The molecule has 0 radical (unpaired) electrons. The summed E-state index contributed by atoms with van der Waals surface area (Å²) in [7, 11) is -3.73. The molecule has 1 aliphatic heterocycles. The Kier molecular flexibility index (Phi) is 6.55. The third-order valence-electron chi connectivity index (χ3n) is 4.94. The van der Waals surface area contributed by atoms with Gasteiger partial charge in [0.25, 0.3) is 0 Å². The topological polar surface area (TPSA) is 125 Å². The number of sulfone groups is 1. The quantitative estimate of drug-likeness (QED) is 0.668. The molecule has 0 bridgehead atoms. The zero-order valence-electron chi connectivity index (χ0n) is 16.9. The fraction of sp³-hybridized carbons (Fsp3) is 0.722. The van der Waals surface area contributed by atoms with E-state index in [1.165, 1.54) is 26.8 Å². The van der Waals surface area contributed by atoms with Crippen LogP contribution in [0.3, 0.4) is 0 Å². The molecule has 9 nitrogen and oxygen atoms in total. The smallest absolute Gasteiger partial charge is 0.302 e. The van der Waals surface area contributed by atoms with Gasteiger partial charge in [0, 0.05) is 31.6 Å². The number of ether oxygens (including phenoxy) is 2. The Labute approximate surface area is 165 Å². The lowest BCUT2D eigenvalue weighted by Gasteiger charge is -2.30. The normalized spacial score (nSPS) is 16.6. The lowest BCUT2D eigenvalue weighted by molar-refractivity contribution is -0.142. The molecule has 1 aromatic heterocycles. The van der Waals surface area contributed by atoms with Gasteiger partial charge in [0.2, 0.25) is 11.8 Å². The lowest BCUT2D eigenvalue weighted by Crippen LogP contribution is -2.50. The minimum absolute atomic E-state index is 0.0335. The van der Waals surface area contributed by atoms with Gasteiger partial charge in [0.1, 0.15) is 11.4 Å². The molecule has 0 aromatic carbocycles. The minimum Gasteiger partial charge on any atom is -0.465 e. The maximum atomic E-state index is 12.9. The Morgan fingerprint density at radius 1 is 1.25 bits per heavy atom. The van der Waals surface area contributed by atoms with Gasteiger partial charge in [-0.1, -0.05) is 19.0 Å². The number of amides is 1. The number of hydrogen-bond acceptors (Lipinski definition) is 8. The first-order valence-corrected chi connectivity index (χ1v) is 10.7. The Hall–Kier alpha value is -1.94. The molecule has 2 heterocycles.